The van der Waals surface area contributed by atoms with E-state index in [-0.39, 0.29) is 18.1 Å². The Labute approximate surface area is 131 Å². The molecule has 0 aromatic carbocycles. The molecular formula is C16H26N4O2. The number of anilines is 1. The van der Waals surface area contributed by atoms with Crippen molar-refractivity contribution in [3.63, 3.8) is 0 Å². The molecule has 1 aromatic heterocycles. The highest BCUT2D eigenvalue weighted by atomic mass is 16.5. The molecule has 3 N–H and O–H groups in total. The van der Waals surface area contributed by atoms with Crippen molar-refractivity contribution in [2.24, 2.45) is 0 Å². The van der Waals surface area contributed by atoms with E-state index in [2.05, 4.69) is 20.8 Å². The van der Waals surface area contributed by atoms with Gasteiger partial charge in [0.15, 0.2) is 5.82 Å². The highest BCUT2D eigenvalue weighted by molar-refractivity contribution is 5.94. The Morgan fingerprint density at radius 1 is 1.32 bits per heavy atom. The first kappa shape index (κ1) is 15.5. The van der Waals surface area contributed by atoms with Crippen LogP contribution in [-0.4, -0.2) is 41.4 Å². The number of carbonyl (C=O) groups is 1. The van der Waals surface area contributed by atoms with Crippen molar-refractivity contribution >= 4 is 11.7 Å². The number of morpholine rings is 1. The fourth-order valence-corrected chi connectivity index (χ4v) is 3.43. The van der Waals surface area contributed by atoms with Crippen molar-refractivity contribution in [3.05, 3.63) is 11.8 Å². The van der Waals surface area contributed by atoms with Gasteiger partial charge in [-0.3, -0.25) is 9.89 Å². The molecule has 6 nitrogen and oxygen atoms in total. The predicted molar refractivity (Wildman–Crippen MR) is 84.9 cm³/mol. The van der Waals surface area contributed by atoms with Crippen LogP contribution in [0.1, 0.15) is 57.1 Å². The van der Waals surface area contributed by atoms with E-state index in [9.17, 15) is 4.79 Å². The summed E-state index contributed by atoms with van der Waals surface area (Å²) in [4.78, 5) is 12.3. The zero-order valence-corrected chi connectivity index (χ0v) is 13.2. The summed E-state index contributed by atoms with van der Waals surface area (Å²) >= 11 is 0. The van der Waals surface area contributed by atoms with E-state index >= 15 is 0 Å². The molecule has 2 heterocycles. The Kier molecular flexibility index (Phi) is 5.10. The van der Waals surface area contributed by atoms with Crippen LogP contribution < -0.4 is 10.6 Å². The lowest BCUT2D eigenvalue weighted by molar-refractivity contribution is -0.123. The van der Waals surface area contributed by atoms with Crippen LogP contribution in [-0.2, 0) is 9.53 Å². The SMILES string of the molecule is C[C@H]1OCCN[C@@H]1C(=O)Nc1cc(C2CCCCCC2)[nH]n1. The minimum atomic E-state index is -0.313. The molecule has 6 heteroatoms. The van der Waals surface area contributed by atoms with Gasteiger partial charge in [-0.25, -0.2) is 0 Å². The molecule has 1 aliphatic heterocycles. The van der Waals surface area contributed by atoms with Crippen LogP contribution in [0, 0.1) is 0 Å². The molecule has 1 amide bonds. The second kappa shape index (κ2) is 7.24. The number of amides is 1. The van der Waals surface area contributed by atoms with Crippen LogP contribution in [0.5, 0.6) is 0 Å². The Morgan fingerprint density at radius 3 is 2.82 bits per heavy atom. The molecule has 0 bridgehead atoms. The summed E-state index contributed by atoms with van der Waals surface area (Å²) in [6.45, 7) is 3.27. The fourth-order valence-electron chi connectivity index (χ4n) is 3.43. The summed E-state index contributed by atoms with van der Waals surface area (Å²) < 4.78 is 5.51. The van der Waals surface area contributed by atoms with Gasteiger partial charge in [-0.1, -0.05) is 25.7 Å². The van der Waals surface area contributed by atoms with E-state index in [1.807, 2.05) is 13.0 Å². The number of ether oxygens (including phenoxy) is 1. The summed E-state index contributed by atoms with van der Waals surface area (Å²) in [5, 5.41) is 13.4. The zero-order valence-electron chi connectivity index (χ0n) is 13.2. The average molecular weight is 306 g/mol. The second-order valence-electron chi connectivity index (χ2n) is 6.39. The molecule has 3 rings (SSSR count). The Balaban J connectivity index is 1.60. The topological polar surface area (TPSA) is 79.0 Å². The molecule has 2 atom stereocenters. The maximum atomic E-state index is 12.3. The Bertz CT molecular complexity index is 494. The molecule has 1 aliphatic carbocycles. The number of rotatable bonds is 3. The summed E-state index contributed by atoms with van der Waals surface area (Å²) in [6.07, 6.45) is 7.54. The Hall–Kier alpha value is -1.40. The number of nitrogens with zero attached hydrogens (tertiary/aromatic N) is 1. The van der Waals surface area contributed by atoms with Crippen molar-refractivity contribution in [2.45, 2.75) is 63.5 Å². The average Bonchev–Trinajstić information content (AvgIpc) is 2.81. The molecular weight excluding hydrogens is 280 g/mol. The highest BCUT2D eigenvalue weighted by Crippen LogP contribution is 2.31. The minimum Gasteiger partial charge on any atom is -0.375 e. The van der Waals surface area contributed by atoms with Gasteiger partial charge < -0.3 is 15.4 Å². The van der Waals surface area contributed by atoms with Gasteiger partial charge in [0.1, 0.15) is 6.04 Å². The molecule has 2 aliphatic rings. The third kappa shape index (κ3) is 3.67. The lowest BCUT2D eigenvalue weighted by Crippen LogP contribution is -2.53. The lowest BCUT2D eigenvalue weighted by Gasteiger charge is -2.28. The van der Waals surface area contributed by atoms with E-state index < -0.39 is 0 Å². The summed E-state index contributed by atoms with van der Waals surface area (Å²) in [5.74, 6) is 1.09. The maximum absolute atomic E-state index is 12.3. The van der Waals surface area contributed by atoms with E-state index in [1.54, 1.807) is 0 Å². The number of hydrogen-bond acceptors (Lipinski definition) is 4. The third-order valence-electron chi connectivity index (χ3n) is 4.74. The molecule has 0 unspecified atom stereocenters. The van der Waals surface area contributed by atoms with Gasteiger partial charge in [-0.15, -0.1) is 0 Å². The van der Waals surface area contributed by atoms with E-state index in [4.69, 9.17) is 4.74 Å². The molecule has 1 aromatic rings. The van der Waals surface area contributed by atoms with Gasteiger partial charge in [0.25, 0.3) is 0 Å². The predicted octanol–water partition coefficient (Wildman–Crippen LogP) is 2.16. The van der Waals surface area contributed by atoms with Crippen molar-refractivity contribution in [1.29, 1.82) is 0 Å². The van der Waals surface area contributed by atoms with Crippen molar-refractivity contribution < 1.29 is 9.53 Å². The first-order valence-electron chi connectivity index (χ1n) is 8.45. The van der Waals surface area contributed by atoms with Gasteiger partial charge in [-0.2, -0.15) is 5.10 Å². The van der Waals surface area contributed by atoms with Crippen LogP contribution in [0.4, 0.5) is 5.82 Å². The van der Waals surface area contributed by atoms with Crippen LogP contribution >= 0.6 is 0 Å². The van der Waals surface area contributed by atoms with E-state index in [1.165, 1.54) is 38.5 Å². The summed E-state index contributed by atoms with van der Waals surface area (Å²) in [5.41, 5.74) is 1.15. The molecule has 22 heavy (non-hydrogen) atoms. The van der Waals surface area contributed by atoms with Crippen molar-refractivity contribution in [3.8, 4) is 0 Å². The number of aromatic nitrogens is 2. The molecule has 2 fully saturated rings. The van der Waals surface area contributed by atoms with Crippen molar-refractivity contribution in [2.75, 3.05) is 18.5 Å². The number of carbonyl (C=O) groups excluding carboxylic acids is 1. The first-order valence-corrected chi connectivity index (χ1v) is 8.45. The largest absolute Gasteiger partial charge is 0.375 e. The standard InChI is InChI=1S/C16H26N4O2/c1-11-15(17-8-9-22-11)16(21)18-14-10-13(19-20-14)12-6-4-2-3-5-7-12/h10-12,15,17H,2-9H2,1H3,(H2,18,19,20,21)/t11-,15+/m1/s1. The van der Waals surface area contributed by atoms with Crippen molar-refractivity contribution in [1.82, 2.24) is 15.5 Å². The second-order valence-corrected chi connectivity index (χ2v) is 6.39. The molecule has 122 valence electrons. The monoisotopic (exact) mass is 306 g/mol. The summed E-state index contributed by atoms with van der Waals surface area (Å²) in [7, 11) is 0. The maximum Gasteiger partial charge on any atom is 0.245 e. The molecule has 0 spiro atoms. The number of hydrogen-bond donors (Lipinski definition) is 3. The van der Waals surface area contributed by atoms with E-state index in [0.29, 0.717) is 24.9 Å². The minimum absolute atomic E-state index is 0.0777. The number of aromatic amines is 1. The fraction of sp³-hybridized carbons (Fsp3) is 0.750. The Morgan fingerprint density at radius 2 is 2.09 bits per heavy atom. The first-order chi connectivity index (χ1) is 10.7. The van der Waals surface area contributed by atoms with Gasteiger partial charge in [0.05, 0.1) is 12.7 Å². The van der Waals surface area contributed by atoms with Crippen LogP contribution in [0.3, 0.4) is 0 Å². The lowest BCUT2D eigenvalue weighted by atomic mass is 9.97. The zero-order chi connectivity index (χ0) is 15.4. The van der Waals surface area contributed by atoms with Crippen LogP contribution in [0.2, 0.25) is 0 Å². The summed E-state index contributed by atoms with van der Waals surface area (Å²) in [6, 6.07) is 1.68. The molecule has 1 saturated carbocycles. The highest BCUT2D eigenvalue weighted by Gasteiger charge is 2.28. The van der Waals surface area contributed by atoms with Gasteiger partial charge in [0, 0.05) is 24.2 Å². The van der Waals surface area contributed by atoms with Crippen LogP contribution in [0.15, 0.2) is 6.07 Å². The quantitative estimate of drug-likeness (QED) is 0.748. The normalized spacial score (nSPS) is 27.3. The third-order valence-corrected chi connectivity index (χ3v) is 4.74. The molecule has 1 saturated heterocycles. The van der Waals surface area contributed by atoms with Gasteiger partial charge >= 0.3 is 0 Å². The van der Waals surface area contributed by atoms with Crippen LogP contribution in [0.25, 0.3) is 0 Å². The number of nitrogens with one attached hydrogen (secondary N) is 3. The smallest absolute Gasteiger partial charge is 0.245 e. The van der Waals surface area contributed by atoms with Gasteiger partial charge in [-0.05, 0) is 19.8 Å². The number of H-pyrrole nitrogens is 1. The van der Waals surface area contributed by atoms with Gasteiger partial charge in [0.2, 0.25) is 5.91 Å². The molecule has 0 radical (unpaired) electrons. The van der Waals surface area contributed by atoms with E-state index in [0.717, 1.165) is 5.69 Å².